The molecular formula is C18H19N3O4. The van der Waals surface area contributed by atoms with Crippen LogP contribution in [0.3, 0.4) is 0 Å². The van der Waals surface area contributed by atoms with Crippen molar-refractivity contribution < 1.29 is 19.1 Å². The molecule has 1 N–H and O–H groups in total. The number of carbonyl (C=O) groups excluding carboxylic acids is 2. The number of carbonyl (C=O) groups is 2. The van der Waals surface area contributed by atoms with Gasteiger partial charge in [0.05, 0.1) is 13.7 Å². The number of nitrogens with zero attached hydrogens (tertiary/aromatic N) is 2. The predicted octanol–water partition coefficient (Wildman–Crippen LogP) is 1.73. The van der Waals surface area contributed by atoms with Gasteiger partial charge in [0.25, 0.3) is 0 Å². The lowest BCUT2D eigenvalue weighted by Gasteiger charge is -2.21. The maximum absolute atomic E-state index is 12.4. The highest BCUT2D eigenvalue weighted by Gasteiger charge is 2.37. The number of benzene rings is 1. The van der Waals surface area contributed by atoms with E-state index in [0.29, 0.717) is 13.1 Å². The normalized spacial score (nSPS) is 16.4. The largest absolute Gasteiger partial charge is 0.497 e. The average molecular weight is 341 g/mol. The van der Waals surface area contributed by atoms with Gasteiger partial charge in [0.1, 0.15) is 18.4 Å². The second-order valence-electron chi connectivity index (χ2n) is 5.65. The van der Waals surface area contributed by atoms with Crippen molar-refractivity contribution in [1.29, 1.82) is 0 Å². The van der Waals surface area contributed by atoms with Gasteiger partial charge < -0.3 is 14.8 Å². The number of aromatic nitrogens is 1. The van der Waals surface area contributed by atoms with Crippen molar-refractivity contribution in [2.75, 3.05) is 13.7 Å². The first-order chi connectivity index (χ1) is 12.2. The van der Waals surface area contributed by atoms with E-state index in [1.54, 1.807) is 25.6 Å². The number of hydrogen-bond donors (Lipinski definition) is 1. The van der Waals surface area contributed by atoms with Crippen LogP contribution in [0.2, 0.25) is 0 Å². The van der Waals surface area contributed by atoms with Crippen LogP contribution in [0.15, 0.2) is 48.8 Å². The number of amides is 2. The molecule has 2 heterocycles. The number of pyridine rings is 1. The quantitative estimate of drug-likeness (QED) is 0.865. The molecule has 1 aliphatic heterocycles. The number of ether oxygens (including phenoxy) is 2. The maximum atomic E-state index is 12.4. The summed E-state index contributed by atoms with van der Waals surface area (Å²) in [4.78, 5) is 29.9. The van der Waals surface area contributed by atoms with Crippen LogP contribution in [0.4, 0.5) is 4.79 Å². The summed E-state index contributed by atoms with van der Waals surface area (Å²) in [6.45, 7) is 0.704. The summed E-state index contributed by atoms with van der Waals surface area (Å²) < 4.78 is 10.2. The topological polar surface area (TPSA) is 80.8 Å². The summed E-state index contributed by atoms with van der Waals surface area (Å²) in [5.41, 5.74) is 1.78. The van der Waals surface area contributed by atoms with Gasteiger partial charge in [-0.15, -0.1) is 0 Å². The van der Waals surface area contributed by atoms with E-state index < -0.39 is 12.1 Å². The molecule has 130 valence electrons. The summed E-state index contributed by atoms with van der Waals surface area (Å²) in [7, 11) is 1.59. The molecule has 2 aromatic rings. The van der Waals surface area contributed by atoms with Gasteiger partial charge in [-0.1, -0.05) is 18.2 Å². The Bertz CT molecular complexity index is 734. The molecule has 0 unspecified atom stereocenters. The molecule has 2 amide bonds. The van der Waals surface area contributed by atoms with Crippen molar-refractivity contribution in [1.82, 2.24) is 15.2 Å². The van der Waals surface area contributed by atoms with E-state index in [1.807, 2.05) is 30.3 Å². The average Bonchev–Trinajstić information content (AvgIpc) is 3.02. The molecule has 25 heavy (non-hydrogen) atoms. The zero-order chi connectivity index (χ0) is 17.6. The van der Waals surface area contributed by atoms with E-state index in [0.717, 1.165) is 16.9 Å². The Hall–Kier alpha value is -3.09. The van der Waals surface area contributed by atoms with Gasteiger partial charge in [0.2, 0.25) is 5.91 Å². The fourth-order valence-electron chi connectivity index (χ4n) is 2.58. The van der Waals surface area contributed by atoms with Crippen molar-refractivity contribution in [2.24, 2.45) is 0 Å². The minimum atomic E-state index is -0.647. The van der Waals surface area contributed by atoms with Crippen molar-refractivity contribution in [3.05, 3.63) is 59.9 Å². The SMILES string of the molecule is COc1ccc(CN2C(=O)OC[C@H]2C(=O)NCc2cccnc2)cc1. The Morgan fingerprint density at radius 1 is 1.32 bits per heavy atom. The maximum Gasteiger partial charge on any atom is 0.410 e. The lowest BCUT2D eigenvalue weighted by Crippen LogP contribution is -2.45. The molecule has 0 aliphatic carbocycles. The third-order valence-corrected chi connectivity index (χ3v) is 3.98. The second-order valence-corrected chi connectivity index (χ2v) is 5.65. The Morgan fingerprint density at radius 2 is 2.12 bits per heavy atom. The fraction of sp³-hybridized carbons (Fsp3) is 0.278. The van der Waals surface area contributed by atoms with Crippen LogP contribution in [-0.2, 0) is 22.6 Å². The summed E-state index contributed by atoms with van der Waals surface area (Å²) in [6.07, 6.45) is 2.87. The summed E-state index contributed by atoms with van der Waals surface area (Å²) >= 11 is 0. The highest BCUT2D eigenvalue weighted by atomic mass is 16.6. The molecule has 1 atom stereocenters. The highest BCUT2D eigenvalue weighted by Crippen LogP contribution is 2.19. The highest BCUT2D eigenvalue weighted by molar-refractivity contribution is 5.87. The molecule has 1 aromatic heterocycles. The third kappa shape index (κ3) is 4.06. The predicted molar refractivity (Wildman–Crippen MR) is 89.8 cm³/mol. The first-order valence-electron chi connectivity index (χ1n) is 7.90. The second kappa shape index (κ2) is 7.65. The van der Waals surface area contributed by atoms with Gasteiger partial charge >= 0.3 is 6.09 Å². The lowest BCUT2D eigenvalue weighted by molar-refractivity contribution is -0.125. The van der Waals surface area contributed by atoms with Crippen LogP contribution in [0.1, 0.15) is 11.1 Å². The van der Waals surface area contributed by atoms with Crippen molar-refractivity contribution in [3.63, 3.8) is 0 Å². The third-order valence-electron chi connectivity index (χ3n) is 3.98. The van der Waals surface area contributed by atoms with Crippen LogP contribution in [0.25, 0.3) is 0 Å². The molecule has 1 fully saturated rings. The van der Waals surface area contributed by atoms with Crippen molar-refractivity contribution >= 4 is 12.0 Å². The molecule has 7 heteroatoms. The Labute approximate surface area is 145 Å². The van der Waals surface area contributed by atoms with E-state index in [-0.39, 0.29) is 12.5 Å². The molecule has 1 aromatic carbocycles. The molecular weight excluding hydrogens is 322 g/mol. The molecule has 1 saturated heterocycles. The van der Waals surface area contributed by atoms with Crippen LogP contribution < -0.4 is 10.1 Å². The summed E-state index contributed by atoms with van der Waals surface area (Å²) in [5.74, 6) is 0.488. The van der Waals surface area contributed by atoms with Crippen LogP contribution >= 0.6 is 0 Å². The minimum absolute atomic E-state index is 0.0495. The molecule has 0 bridgehead atoms. The van der Waals surface area contributed by atoms with Gasteiger partial charge in [-0.2, -0.15) is 0 Å². The van der Waals surface area contributed by atoms with Gasteiger partial charge in [-0.25, -0.2) is 4.79 Å². The van der Waals surface area contributed by atoms with Crippen molar-refractivity contribution in [2.45, 2.75) is 19.1 Å². The first-order valence-corrected chi connectivity index (χ1v) is 7.90. The minimum Gasteiger partial charge on any atom is -0.497 e. The zero-order valence-electron chi connectivity index (χ0n) is 13.8. The van der Waals surface area contributed by atoms with E-state index in [1.165, 1.54) is 4.90 Å². The summed E-state index contributed by atoms with van der Waals surface area (Å²) in [5, 5.41) is 2.82. The molecule has 0 radical (unpaired) electrons. The van der Waals surface area contributed by atoms with E-state index in [2.05, 4.69) is 10.3 Å². The number of nitrogens with one attached hydrogen (secondary N) is 1. The molecule has 0 spiro atoms. The monoisotopic (exact) mass is 341 g/mol. The molecule has 1 aliphatic rings. The Kier molecular flexibility index (Phi) is 5.13. The number of hydrogen-bond acceptors (Lipinski definition) is 5. The smallest absolute Gasteiger partial charge is 0.410 e. The van der Waals surface area contributed by atoms with Crippen LogP contribution in [-0.4, -0.2) is 41.6 Å². The first kappa shape index (κ1) is 16.8. The lowest BCUT2D eigenvalue weighted by atomic mass is 10.1. The van der Waals surface area contributed by atoms with Gasteiger partial charge in [0, 0.05) is 18.9 Å². The van der Waals surface area contributed by atoms with Gasteiger partial charge in [0.15, 0.2) is 0 Å². The van der Waals surface area contributed by atoms with Crippen LogP contribution in [0.5, 0.6) is 5.75 Å². The van der Waals surface area contributed by atoms with Gasteiger partial charge in [-0.05, 0) is 29.3 Å². The standard InChI is InChI=1S/C18H19N3O4/c1-24-15-6-4-13(5-7-15)11-21-16(12-25-18(21)23)17(22)20-10-14-3-2-8-19-9-14/h2-9,16H,10-12H2,1H3,(H,20,22)/t16-/m0/s1. The number of methoxy groups -OCH3 is 1. The molecule has 3 rings (SSSR count). The van der Waals surface area contributed by atoms with E-state index in [4.69, 9.17) is 9.47 Å². The summed E-state index contributed by atoms with van der Waals surface area (Å²) in [6, 6.07) is 10.4. The van der Waals surface area contributed by atoms with Crippen molar-refractivity contribution in [3.8, 4) is 5.75 Å². The van der Waals surface area contributed by atoms with Crippen LogP contribution in [0, 0.1) is 0 Å². The molecule has 7 nitrogen and oxygen atoms in total. The van der Waals surface area contributed by atoms with E-state index in [9.17, 15) is 9.59 Å². The Balaban J connectivity index is 1.63. The molecule has 0 saturated carbocycles. The number of rotatable bonds is 6. The van der Waals surface area contributed by atoms with Gasteiger partial charge in [-0.3, -0.25) is 14.7 Å². The fourth-order valence-corrected chi connectivity index (χ4v) is 2.58. The Morgan fingerprint density at radius 3 is 2.80 bits per heavy atom. The zero-order valence-corrected chi connectivity index (χ0v) is 13.8. The number of cyclic esters (lactones) is 1. The van der Waals surface area contributed by atoms with E-state index >= 15 is 0 Å².